The van der Waals surface area contributed by atoms with Crippen molar-refractivity contribution >= 4 is 38.9 Å². The molecule has 158 valence electrons. The lowest BCUT2D eigenvalue weighted by atomic mass is 9.85. The number of anilines is 1. The SMILES string of the molecule is CC1(C)C(=N)N[C@@]2(COCc3ccc(NC(=O)c4ccc(Cl)cn4)cc32)CS1(=O)=O. The first-order chi connectivity index (χ1) is 14.0. The fraction of sp³-hybridized carbons (Fsp3) is 0.350. The number of nitrogens with one attached hydrogen (secondary N) is 3. The minimum atomic E-state index is -3.62. The summed E-state index contributed by atoms with van der Waals surface area (Å²) in [6.07, 6.45) is 1.39. The molecule has 3 N–H and O–H groups in total. The van der Waals surface area contributed by atoms with Gasteiger partial charge in [-0.2, -0.15) is 0 Å². The highest BCUT2D eigenvalue weighted by molar-refractivity contribution is 7.93. The number of hydrogen-bond donors (Lipinski definition) is 3. The molecule has 30 heavy (non-hydrogen) atoms. The number of sulfone groups is 1. The Morgan fingerprint density at radius 1 is 1.30 bits per heavy atom. The summed E-state index contributed by atoms with van der Waals surface area (Å²) in [5, 5.41) is 14.6. The first-order valence-electron chi connectivity index (χ1n) is 9.28. The van der Waals surface area contributed by atoms with E-state index in [9.17, 15) is 13.2 Å². The zero-order chi connectivity index (χ0) is 21.7. The summed E-state index contributed by atoms with van der Waals surface area (Å²) < 4.78 is 30.3. The van der Waals surface area contributed by atoms with Crippen LogP contribution in [0.15, 0.2) is 36.5 Å². The van der Waals surface area contributed by atoms with Crippen LogP contribution < -0.4 is 10.6 Å². The topological polar surface area (TPSA) is 121 Å². The first kappa shape index (κ1) is 20.8. The Labute approximate surface area is 179 Å². The lowest BCUT2D eigenvalue weighted by Gasteiger charge is -2.47. The van der Waals surface area contributed by atoms with Gasteiger partial charge in [0.1, 0.15) is 21.8 Å². The third-order valence-electron chi connectivity index (χ3n) is 5.63. The van der Waals surface area contributed by atoms with Crippen molar-refractivity contribution in [3.63, 3.8) is 0 Å². The Balaban J connectivity index is 1.69. The minimum Gasteiger partial charge on any atom is -0.374 e. The molecule has 1 spiro atoms. The average molecular weight is 449 g/mol. The van der Waals surface area contributed by atoms with Crippen molar-refractivity contribution in [3.8, 4) is 0 Å². The van der Waals surface area contributed by atoms with Crippen molar-refractivity contribution in [2.24, 2.45) is 0 Å². The molecule has 0 unspecified atom stereocenters. The van der Waals surface area contributed by atoms with Crippen LogP contribution >= 0.6 is 11.6 Å². The predicted molar refractivity (Wildman–Crippen MR) is 114 cm³/mol. The van der Waals surface area contributed by atoms with Gasteiger partial charge in [0.25, 0.3) is 5.91 Å². The van der Waals surface area contributed by atoms with Gasteiger partial charge in [-0.05, 0) is 49.2 Å². The van der Waals surface area contributed by atoms with Gasteiger partial charge in [-0.25, -0.2) is 13.4 Å². The van der Waals surface area contributed by atoms with Crippen molar-refractivity contribution in [1.82, 2.24) is 10.3 Å². The van der Waals surface area contributed by atoms with Gasteiger partial charge in [0.15, 0.2) is 9.84 Å². The smallest absolute Gasteiger partial charge is 0.274 e. The van der Waals surface area contributed by atoms with E-state index in [1.165, 1.54) is 26.1 Å². The Kier molecular flexibility index (Phi) is 4.87. The maximum atomic E-state index is 12.9. The van der Waals surface area contributed by atoms with Crippen molar-refractivity contribution in [1.29, 1.82) is 5.41 Å². The highest BCUT2D eigenvalue weighted by Gasteiger charge is 2.54. The number of benzene rings is 1. The summed E-state index contributed by atoms with van der Waals surface area (Å²) in [6.45, 7) is 3.46. The Hall–Kier alpha value is -2.49. The van der Waals surface area contributed by atoms with Crippen LogP contribution in [0.4, 0.5) is 5.69 Å². The molecule has 2 aliphatic rings. The molecule has 2 aromatic rings. The van der Waals surface area contributed by atoms with Gasteiger partial charge < -0.3 is 15.4 Å². The van der Waals surface area contributed by atoms with E-state index in [0.717, 1.165) is 5.56 Å². The fourth-order valence-corrected chi connectivity index (χ4v) is 5.45. The molecule has 1 aromatic heterocycles. The minimum absolute atomic E-state index is 0.0787. The number of hydrogen-bond acceptors (Lipinski definition) is 6. The second kappa shape index (κ2) is 7.04. The van der Waals surface area contributed by atoms with Crippen LogP contribution in [0.5, 0.6) is 0 Å². The number of amides is 1. The van der Waals surface area contributed by atoms with Crippen LogP contribution in [0.2, 0.25) is 5.02 Å². The van der Waals surface area contributed by atoms with Gasteiger partial charge in [-0.15, -0.1) is 0 Å². The van der Waals surface area contributed by atoms with Gasteiger partial charge in [-0.1, -0.05) is 17.7 Å². The Bertz CT molecular complexity index is 1150. The number of ether oxygens (including phenoxy) is 1. The molecular formula is C20H21ClN4O4S. The number of aromatic nitrogens is 1. The third kappa shape index (κ3) is 3.36. The quantitative estimate of drug-likeness (QED) is 0.649. The molecule has 0 bridgehead atoms. The highest BCUT2D eigenvalue weighted by atomic mass is 35.5. The molecule has 10 heteroatoms. The molecule has 1 saturated heterocycles. The van der Waals surface area contributed by atoms with E-state index in [1.54, 1.807) is 24.3 Å². The van der Waals surface area contributed by atoms with Gasteiger partial charge in [0.05, 0.1) is 24.0 Å². The van der Waals surface area contributed by atoms with Gasteiger partial charge in [0.2, 0.25) is 0 Å². The van der Waals surface area contributed by atoms with Crippen LogP contribution in [-0.2, 0) is 26.7 Å². The summed E-state index contributed by atoms with van der Waals surface area (Å²) in [7, 11) is -3.62. The fourth-order valence-electron chi connectivity index (χ4n) is 3.65. The predicted octanol–water partition coefficient (Wildman–Crippen LogP) is 2.49. The van der Waals surface area contributed by atoms with Gasteiger partial charge in [0, 0.05) is 11.9 Å². The molecule has 8 nitrogen and oxygen atoms in total. The lowest BCUT2D eigenvalue weighted by molar-refractivity contribution is 0.0513. The summed E-state index contributed by atoms with van der Waals surface area (Å²) in [4.78, 5) is 16.5. The van der Waals surface area contributed by atoms with Crippen LogP contribution in [0, 0.1) is 5.41 Å². The van der Waals surface area contributed by atoms with E-state index in [2.05, 4.69) is 15.6 Å². The van der Waals surface area contributed by atoms with E-state index >= 15 is 0 Å². The summed E-state index contributed by atoms with van der Waals surface area (Å²) in [5.41, 5.74) is 1.11. The summed E-state index contributed by atoms with van der Waals surface area (Å²) in [5.74, 6) is -0.700. The molecule has 1 fully saturated rings. The molecule has 4 rings (SSSR count). The molecule has 0 saturated carbocycles. The normalized spacial score (nSPS) is 24.0. The van der Waals surface area contributed by atoms with Crippen molar-refractivity contribution < 1.29 is 17.9 Å². The van der Waals surface area contributed by atoms with Crippen LogP contribution in [0.3, 0.4) is 0 Å². The van der Waals surface area contributed by atoms with Crippen LogP contribution in [0.1, 0.15) is 35.5 Å². The number of pyridine rings is 1. The van der Waals surface area contributed by atoms with E-state index in [1.807, 2.05) is 0 Å². The maximum Gasteiger partial charge on any atom is 0.274 e. The molecule has 1 atom stereocenters. The number of nitrogens with zero attached hydrogens (tertiary/aromatic N) is 1. The number of carbonyl (C=O) groups is 1. The van der Waals surface area contributed by atoms with Crippen molar-refractivity contribution in [2.45, 2.75) is 30.7 Å². The molecule has 0 aliphatic carbocycles. The molecule has 3 heterocycles. The Morgan fingerprint density at radius 2 is 2.07 bits per heavy atom. The number of carbonyl (C=O) groups excluding carboxylic acids is 1. The monoisotopic (exact) mass is 448 g/mol. The number of amidine groups is 1. The van der Waals surface area contributed by atoms with Crippen LogP contribution in [-0.4, -0.2) is 42.3 Å². The zero-order valence-electron chi connectivity index (χ0n) is 16.5. The summed E-state index contributed by atoms with van der Waals surface area (Å²) >= 11 is 5.81. The standard InChI is InChI=1S/C20H21ClN4O4S/c1-19(2)18(22)25-20(11-30(19,27)28)10-29-9-12-3-5-14(7-15(12)20)24-17(26)16-6-4-13(21)8-23-16/h3-8H,9-11H2,1-2H3,(H2,22,25)(H,24,26)/t20-/m0/s1. The zero-order valence-corrected chi connectivity index (χ0v) is 18.0. The summed E-state index contributed by atoms with van der Waals surface area (Å²) in [6, 6.07) is 8.34. The van der Waals surface area contributed by atoms with Gasteiger partial charge in [-0.3, -0.25) is 10.2 Å². The molecule has 1 amide bonds. The van der Waals surface area contributed by atoms with E-state index in [-0.39, 0.29) is 23.9 Å². The van der Waals surface area contributed by atoms with Crippen molar-refractivity contribution in [2.75, 3.05) is 17.7 Å². The third-order valence-corrected chi connectivity index (χ3v) is 8.49. The van der Waals surface area contributed by atoms with Gasteiger partial charge >= 0.3 is 0 Å². The number of fused-ring (bicyclic) bond motifs is 2. The second-order valence-corrected chi connectivity index (χ2v) is 11.0. The highest BCUT2D eigenvalue weighted by Crippen LogP contribution is 2.39. The second-order valence-electron chi connectivity index (χ2n) is 8.03. The van der Waals surface area contributed by atoms with E-state index < -0.39 is 26.0 Å². The lowest BCUT2D eigenvalue weighted by Crippen LogP contribution is -2.67. The molecular weight excluding hydrogens is 428 g/mol. The Morgan fingerprint density at radius 3 is 2.73 bits per heavy atom. The number of rotatable bonds is 2. The molecule has 0 radical (unpaired) electrons. The van der Waals surface area contributed by atoms with E-state index in [0.29, 0.717) is 22.9 Å². The average Bonchev–Trinajstić information content (AvgIpc) is 2.67. The molecule has 2 aliphatic heterocycles. The van der Waals surface area contributed by atoms with Crippen molar-refractivity contribution in [3.05, 3.63) is 58.4 Å². The molecule has 1 aromatic carbocycles. The maximum absolute atomic E-state index is 12.9. The largest absolute Gasteiger partial charge is 0.374 e. The van der Waals surface area contributed by atoms with E-state index in [4.69, 9.17) is 21.7 Å². The number of halogens is 1. The van der Waals surface area contributed by atoms with Crippen LogP contribution in [0.25, 0.3) is 0 Å². The first-order valence-corrected chi connectivity index (χ1v) is 11.3.